The summed E-state index contributed by atoms with van der Waals surface area (Å²) in [5.41, 5.74) is 9.56. The van der Waals surface area contributed by atoms with Crippen LogP contribution in [0.4, 0.5) is 5.82 Å². The Morgan fingerprint density at radius 3 is 3.07 bits per heavy atom. The molecule has 0 bridgehead atoms. The number of nitrogens with two attached hydrogens (primary N) is 1. The number of ether oxygens (including phenoxy) is 1. The molecule has 0 radical (unpaired) electrons. The maximum absolute atomic E-state index is 11.7. The number of anilines is 1. The van der Waals surface area contributed by atoms with Crippen LogP contribution in [-0.4, -0.2) is 39.1 Å². The highest BCUT2D eigenvalue weighted by atomic mass is 32.2. The van der Waals surface area contributed by atoms with Crippen molar-refractivity contribution in [2.75, 3.05) is 19.4 Å². The Labute approximate surface area is 160 Å². The van der Waals surface area contributed by atoms with Gasteiger partial charge >= 0.3 is 0 Å². The van der Waals surface area contributed by atoms with Crippen molar-refractivity contribution < 1.29 is 9.53 Å². The average Bonchev–Trinajstić information content (AvgIpc) is 3.25. The van der Waals surface area contributed by atoms with Crippen LogP contribution in [0.5, 0.6) is 5.75 Å². The molecule has 0 atom stereocenters. The molecule has 1 aliphatic rings. The van der Waals surface area contributed by atoms with Crippen LogP contribution in [0.15, 0.2) is 28.5 Å². The molecule has 0 fully saturated rings. The van der Waals surface area contributed by atoms with Gasteiger partial charge in [0.05, 0.1) is 6.61 Å². The van der Waals surface area contributed by atoms with Crippen LogP contribution in [0.1, 0.15) is 17.5 Å². The average molecular weight is 384 g/mol. The van der Waals surface area contributed by atoms with Crippen molar-refractivity contribution >= 4 is 34.7 Å². The lowest BCUT2D eigenvalue weighted by molar-refractivity contribution is -0.120. The fourth-order valence-electron chi connectivity index (χ4n) is 3.09. The molecule has 0 aliphatic carbocycles. The first-order valence-corrected chi connectivity index (χ1v) is 9.50. The summed E-state index contributed by atoms with van der Waals surface area (Å²) in [6.07, 6.45) is 2.68. The number of nitrogens with one attached hydrogen (secondary N) is 1. The zero-order valence-corrected chi connectivity index (χ0v) is 16.0. The molecule has 1 amide bonds. The molecule has 2 aromatic heterocycles. The van der Waals surface area contributed by atoms with E-state index in [4.69, 9.17) is 10.5 Å². The van der Waals surface area contributed by atoms with Crippen LogP contribution in [0.3, 0.4) is 0 Å². The highest BCUT2D eigenvalue weighted by molar-refractivity contribution is 7.99. The summed E-state index contributed by atoms with van der Waals surface area (Å²) in [6, 6.07) is 4.22. The monoisotopic (exact) mass is 384 g/mol. The van der Waals surface area contributed by atoms with Crippen LogP contribution in [0.25, 0.3) is 11.2 Å². The molecule has 1 aliphatic heterocycles. The predicted molar refractivity (Wildman–Crippen MR) is 103 cm³/mol. The quantitative estimate of drug-likeness (QED) is 0.692. The molecule has 3 aromatic rings. The predicted octanol–water partition coefficient (Wildman–Crippen LogP) is 1.94. The number of hydrogen-bond acceptors (Lipinski definition) is 7. The lowest BCUT2D eigenvalue weighted by Gasteiger charge is -2.10. The minimum atomic E-state index is -0.0445. The maximum Gasteiger partial charge on any atom is 0.221 e. The van der Waals surface area contributed by atoms with E-state index in [1.165, 1.54) is 23.7 Å². The van der Waals surface area contributed by atoms with Crippen LogP contribution in [-0.2, 0) is 17.8 Å². The van der Waals surface area contributed by atoms with Crippen LogP contribution in [0.2, 0.25) is 0 Å². The topological polar surface area (TPSA) is 108 Å². The molecule has 0 unspecified atom stereocenters. The molecule has 8 nitrogen and oxygen atoms in total. The van der Waals surface area contributed by atoms with Gasteiger partial charge in [-0.05, 0) is 24.1 Å². The van der Waals surface area contributed by atoms with Crippen LogP contribution >= 0.6 is 11.8 Å². The zero-order valence-electron chi connectivity index (χ0n) is 15.2. The van der Waals surface area contributed by atoms with E-state index in [-0.39, 0.29) is 5.91 Å². The third-order valence-corrected chi connectivity index (χ3v) is 5.71. The molecule has 140 valence electrons. The molecule has 0 spiro atoms. The number of hydrogen-bond donors (Lipinski definition) is 2. The number of imidazole rings is 1. The highest BCUT2D eigenvalue weighted by Gasteiger charge is 2.20. The van der Waals surface area contributed by atoms with Gasteiger partial charge in [0.1, 0.15) is 12.1 Å². The smallest absolute Gasteiger partial charge is 0.221 e. The van der Waals surface area contributed by atoms with Gasteiger partial charge in [0, 0.05) is 31.3 Å². The van der Waals surface area contributed by atoms with Gasteiger partial charge in [0.2, 0.25) is 5.91 Å². The van der Waals surface area contributed by atoms with E-state index in [0.29, 0.717) is 29.9 Å². The van der Waals surface area contributed by atoms with E-state index < -0.39 is 0 Å². The normalized spacial score (nSPS) is 12.8. The number of nitrogens with zero attached hydrogens (tertiary/aromatic N) is 4. The zero-order chi connectivity index (χ0) is 19.0. The van der Waals surface area contributed by atoms with Gasteiger partial charge in [0.25, 0.3) is 0 Å². The summed E-state index contributed by atoms with van der Waals surface area (Å²) in [7, 11) is 1.62. The fourth-order valence-corrected chi connectivity index (χ4v) is 4.10. The summed E-state index contributed by atoms with van der Waals surface area (Å²) in [5, 5.41) is 3.36. The molecule has 4 rings (SSSR count). The van der Waals surface area contributed by atoms with Crippen molar-refractivity contribution in [2.45, 2.75) is 36.4 Å². The van der Waals surface area contributed by atoms with Crippen molar-refractivity contribution in [1.82, 2.24) is 24.8 Å². The van der Waals surface area contributed by atoms with Crippen LogP contribution < -0.4 is 15.8 Å². The van der Waals surface area contributed by atoms with E-state index in [2.05, 4.69) is 39.3 Å². The molecule has 3 heterocycles. The van der Waals surface area contributed by atoms with E-state index in [1.54, 1.807) is 7.05 Å². The number of nitrogen functional groups attached to an aromatic ring is 1. The summed E-state index contributed by atoms with van der Waals surface area (Å²) >= 11 is 1.52. The third kappa shape index (κ3) is 3.30. The van der Waals surface area contributed by atoms with Gasteiger partial charge in [-0.3, -0.25) is 4.79 Å². The Bertz CT molecular complexity index is 1030. The van der Waals surface area contributed by atoms with E-state index in [0.717, 1.165) is 34.4 Å². The second-order valence-electron chi connectivity index (χ2n) is 6.33. The molecular weight excluding hydrogens is 364 g/mol. The molecule has 0 saturated carbocycles. The first kappa shape index (κ1) is 17.6. The standard InChI is InChI=1S/C18H20N6O2S/c1-10-7-11-4-6-26-12(11)8-13(10)27-18-23-15-16(19)21-9-22-17(15)24(18)5-3-14(25)20-2/h7-9H,3-6H2,1-2H3,(H,20,25)(H2,19,21,22). The summed E-state index contributed by atoms with van der Waals surface area (Å²) in [4.78, 5) is 25.8. The van der Waals surface area contributed by atoms with Gasteiger partial charge in [0.15, 0.2) is 22.1 Å². The lowest BCUT2D eigenvalue weighted by atomic mass is 10.1. The Morgan fingerprint density at radius 1 is 1.41 bits per heavy atom. The van der Waals surface area contributed by atoms with Gasteiger partial charge < -0.3 is 20.4 Å². The Kier molecular flexibility index (Phi) is 4.61. The van der Waals surface area contributed by atoms with Crippen molar-refractivity contribution in [2.24, 2.45) is 0 Å². The van der Waals surface area contributed by atoms with Gasteiger partial charge in [-0.15, -0.1) is 0 Å². The summed E-state index contributed by atoms with van der Waals surface area (Å²) in [5.74, 6) is 1.21. The van der Waals surface area contributed by atoms with Gasteiger partial charge in [-0.1, -0.05) is 17.8 Å². The first-order valence-electron chi connectivity index (χ1n) is 8.68. The Hall–Kier alpha value is -2.81. The van der Waals surface area contributed by atoms with Crippen molar-refractivity contribution in [3.8, 4) is 5.75 Å². The SMILES string of the molecule is CNC(=O)CCn1c(Sc2cc3c(cc2C)CCO3)nc2c(N)ncnc21. The Balaban J connectivity index is 1.74. The molecular formula is C18H20N6O2S. The molecule has 27 heavy (non-hydrogen) atoms. The first-order chi connectivity index (χ1) is 13.1. The maximum atomic E-state index is 11.7. The minimum Gasteiger partial charge on any atom is -0.493 e. The molecule has 9 heteroatoms. The lowest BCUT2D eigenvalue weighted by Crippen LogP contribution is -2.19. The second kappa shape index (κ2) is 7.07. The number of aromatic nitrogens is 4. The fraction of sp³-hybridized carbons (Fsp3) is 0.333. The highest BCUT2D eigenvalue weighted by Crippen LogP contribution is 2.37. The number of fused-ring (bicyclic) bond motifs is 2. The largest absolute Gasteiger partial charge is 0.493 e. The molecule has 3 N–H and O–H groups in total. The van der Waals surface area contributed by atoms with Crippen molar-refractivity contribution in [1.29, 1.82) is 0 Å². The number of amides is 1. The van der Waals surface area contributed by atoms with Crippen LogP contribution in [0, 0.1) is 6.92 Å². The van der Waals surface area contributed by atoms with Crippen molar-refractivity contribution in [3.05, 3.63) is 29.6 Å². The number of carbonyl (C=O) groups is 1. The number of benzene rings is 1. The number of aryl methyl sites for hydroxylation is 2. The van der Waals surface area contributed by atoms with Gasteiger partial charge in [-0.2, -0.15) is 0 Å². The van der Waals surface area contributed by atoms with E-state index in [1.807, 2.05) is 4.57 Å². The third-order valence-electron chi connectivity index (χ3n) is 4.55. The Morgan fingerprint density at radius 2 is 2.26 bits per heavy atom. The molecule has 1 aromatic carbocycles. The summed E-state index contributed by atoms with van der Waals surface area (Å²) in [6.45, 7) is 3.25. The van der Waals surface area contributed by atoms with E-state index >= 15 is 0 Å². The number of rotatable bonds is 5. The van der Waals surface area contributed by atoms with E-state index in [9.17, 15) is 4.79 Å². The minimum absolute atomic E-state index is 0.0445. The van der Waals surface area contributed by atoms with Crippen molar-refractivity contribution in [3.63, 3.8) is 0 Å². The summed E-state index contributed by atoms with van der Waals surface area (Å²) < 4.78 is 7.62. The van der Waals surface area contributed by atoms with Gasteiger partial charge in [-0.25, -0.2) is 15.0 Å². The second-order valence-corrected chi connectivity index (χ2v) is 7.34. The number of carbonyl (C=O) groups excluding carboxylic acids is 1. The molecule has 0 saturated heterocycles.